The van der Waals surface area contributed by atoms with E-state index in [4.69, 9.17) is 4.74 Å². The van der Waals surface area contributed by atoms with E-state index in [1.54, 1.807) is 12.1 Å². The summed E-state index contributed by atoms with van der Waals surface area (Å²) in [5.74, 6) is 0.230. The molecule has 0 aromatic heterocycles. The number of aliphatic hydroxyl groups excluding tert-OH is 1. The highest BCUT2D eigenvalue weighted by atomic mass is 19.1. The third-order valence-electron chi connectivity index (χ3n) is 3.91. The van der Waals surface area contributed by atoms with Gasteiger partial charge in [0.2, 0.25) is 0 Å². The van der Waals surface area contributed by atoms with Crippen molar-refractivity contribution in [2.45, 2.75) is 31.7 Å². The van der Waals surface area contributed by atoms with Gasteiger partial charge in [0.25, 0.3) is 0 Å². The van der Waals surface area contributed by atoms with Crippen molar-refractivity contribution in [1.82, 2.24) is 10.6 Å². The highest BCUT2D eigenvalue weighted by Gasteiger charge is 2.25. The average molecular weight is 310 g/mol. The molecule has 0 aliphatic heterocycles. The van der Waals surface area contributed by atoms with Gasteiger partial charge in [0.1, 0.15) is 18.2 Å². The number of aliphatic hydroxyl groups is 1. The molecule has 0 bridgehead atoms. The molecule has 0 saturated heterocycles. The maximum absolute atomic E-state index is 13.0. The van der Waals surface area contributed by atoms with Crippen molar-refractivity contribution in [2.24, 2.45) is 5.92 Å². The third kappa shape index (κ3) is 5.18. The van der Waals surface area contributed by atoms with E-state index < -0.39 is 0 Å². The van der Waals surface area contributed by atoms with Gasteiger partial charge in [0, 0.05) is 24.6 Å². The molecule has 6 heteroatoms. The van der Waals surface area contributed by atoms with E-state index in [2.05, 4.69) is 10.6 Å². The Kier molecular flexibility index (Phi) is 6.45. The maximum Gasteiger partial charge on any atom is 0.315 e. The molecular weight excluding hydrogens is 287 g/mol. The monoisotopic (exact) mass is 310 g/mol. The molecule has 2 unspecified atom stereocenters. The molecule has 1 saturated carbocycles. The normalized spacial score (nSPS) is 21.2. The first-order valence-electron chi connectivity index (χ1n) is 7.72. The zero-order valence-corrected chi connectivity index (χ0v) is 12.6. The lowest BCUT2D eigenvalue weighted by molar-refractivity contribution is 0.153. The number of benzene rings is 1. The quantitative estimate of drug-likeness (QED) is 0.704. The summed E-state index contributed by atoms with van der Waals surface area (Å²) < 4.78 is 18.3. The second kappa shape index (κ2) is 8.58. The molecule has 0 spiro atoms. The number of hydrogen-bond donors (Lipinski definition) is 3. The predicted octanol–water partition coefficient (Wildman–Crippen LogP) is 2.05. The summed E-state index contributed by atoms with van der Waals surface area (Å²) in [6.07, 6.45) is 4.03. The molecule has 2 rings (SSSR count). The van der Waals surface area contributed by atoms with E-state index in [0.29, 0.717) is 12.3 Å². The Labute approximate surface area is 129 Å². The van der Waals surface area contributed by atoms with Crippen LogP contribution in [0.15, 0.2) is 24.3 Å². The van der Waals surface area contributed by atoms with Gasteiger partial charge in [0.15, 0.2) is 0 Å². The number of rotatable bonds is 6. The molecule has 1 aliphatic carbocycles. The molecule has 122 valence electrons. The fourth-order valence-electron chi connectivity index (χ4n) is 2.73. The van der Waals surface area contributed by atoms with Crippen LogP contribution in [0.5, 0.6) is 5.75 Å². The first-order valence-corrected chi connectivity index (χ1v) is 7.72. The van der Waals surface area contributed by atoms with Crippen molar-refractivity contribution >= 4 is 6.03 Å². The fourth-order valence-corrected chi connectivity index (χ4v) is 2.73. The number of carbonyl (C=O) groups excluding carboxylic acids is 1. The molecule has 1 fully saturated rings. The Morgan fingerprint density at radius 3 is 2.95 bits per heavy atom. The maximum atomic E-state index is 13.0. The van der Waals surface area contributed by atoms with Gasteiger partial charge in [-0.2, -0.15) is 0 Å². The zero-order valence-electron chi connectivity index (χ0n) is 12.6. The summed E-state index contributed by atoms with van der Waals surface area (Å²) >= 11 is 0. The number of ether oxygens (including phenoxy) is 1. The van der Waals surface area contributed by atoms with Crippen LogP contribution in [0, 0.1) is 11.7 Å². The Morgan fingerprint density at radius 2 is 2.18 bits per heavy atom. The number of nitrogens with one attached hydrogen (secondary N) is 2. The molecule has 1 aromatic rings. The van der Waals surface area contributed by atoms with Crippen molar-refractivity contribution in [3.63, 3.8) is 0 Å². The van der Waals surface area contributed by atoms with Crippen LogP contribution >= 0.6 is 0 Å². The van der Waals surface area contributed by atoms with Crippen molar-refractivity contribution < 1.29 is 19.0 Å². The van der Waals surface area contributed by atoms with Gasteiger partial charge < -0.3 is 20.5 Å². The van der Waals surface area contributed by atoms with Crippen LogP contribution in [-0.2, 0) is 0 Å². The molecule has 2 amide bonds. The standard InChI is InChI=1S/C16H23FN2O3/c17-13-5-3-6-14(10-13)22-9-8-18-16(21)19-15-7-2-1-4-12(15)11-20/h3,5-6,10,12,15,20H,1-2,4,7-9,11H2,(H2,18,19,21). The molecule has 5 nitrogen and oxygen atoms in total. The second-order valence-corrected chi connectivity index (χ2v) is 5.54. The van der Waals surface area contributed by atoms with Crippen molar-refractivity contribution in [3.8, 4) is 5.75 Å². The van der Waals surface area contributed by atoms with Crippen molar-refractivity contribution in [3.05, 3.63) is 30.1 Å². The van der Waals surface area contributed by atoms with E-state index in [0.717, 1.165) is 25.7 Å². The minimum atomic E-state index is -0.351. The summed E-state index contributed by atoms with van der Waals surface area (Å²) in [5, 5.41) is 14.9. The van der Waals surface area contributed by atoms with Gasteiger partial charge in [-0.25, -0.2) is 9.18 Å². The minimum Gasteiger partial charge on any atom is -0.492 e. The minimum absolute atomic E-state index is 0.0305. The van der Waals surface area contributed by atoms with E-state index in [9.17, 15) is 14.3 Å². The van der Waals surface area contributed by atoms with Gasteiger partial charge in [0.05, 0.1) is 6.54 Å². The van der Waals surface area contributed by atoms with Crippen LogP contribution in [0.2, 0.25) is 0 Å². The van der Waals surface area contributed by atoms with Crippen LogP contribution in [0.4, 0.5) is 9.18 Å². The Hall–Kier alpha value is -1.82. The summed E-state index contributed by atoms with van der Waals surface area (Å²) in [4.78, 5) is 11.8. The summed E-state index contributed by atoms with van der Waals surface area (Å²) in [6, 6.07) is 5.66. The topological polar surface area (TPSA) is 70.6 Å². The third-order valence-corrected chi connectivity index (χ3v) is 3.91. The molecule has 2 atom stereocenters. The smallest absolute Gasteiger partial charge is 0.315 e. The van der Waals surface area contributed by atoms with Gasteiger partial charge in [-0.1, -0.05) is 18.9 Å². The lowest BCUT2D eigenvalue weighted by Gasteiger charge is -2.30. The first kappa shape index (κ1) is 16.5. The van der Waals surface area contributed by atoms with E-state index in [-0.39, 0.29) is 37.0 Å². The second-order valence-electron chi connectivity index (χ2n) is 5.54. The van der Waals surface area contributed by atoms with Crippen LogP contribution in [0.25, 0.3) is 0 Å². The summed E-state index contributed by atoms with van der Waals surface area (Å²) in [5.41, 5.74) is 0. The highest BCUT2D eigenvalue weighted by molar-refractivity contribution is 5.74. The fraction of sp³-hybridized carbons (Fsp3) is 0.562. The number of carbonyl (C=O) groups is 1. The van der Waals surface area contributed by atoms with Crippen molar-refractivity contribution in [2.75, 3.05) is 19.8 Å². The molecule has 1 aliphatic rings. The Morgan fingerprint density at radius 1 is 1.36 bits per heavy atom. The first-order chi connectivity index (χ1) is 10.7. The average Bonchev–Trinajstić information content (AvgIpc) is 2.52. The largest absolute Gasteiger partial charge is 0.492 e. The molecular formula is C16H23FN2O3. The number of urea groups is 1. The van der Waals surface area contributed by atoms with Gasteiger partial charge in [-0.05, 0) is 25.0 Å². The van der Waals surface area contributed by atoms with Gasteiger partial charge >= 0.3 is 6.03 Å². The zero-order chi connectivity index (χ0) is 15.8. The summed E-state index contributed by atoms with van der Waals surface area (Å²) in [6.45, 7) is 0.706. The van der Waals surface area contributed by atoms with Crippen LogP contribution in [0.1, 0.15) is 25.7 Å². The molecule has 1 aromatic carbocycles. The van der Waals surface area contributed by atoms with Crippen LogP contribution < -0.4 is 15.4 Å². The van der Waals surface area contributed by atoms with Gasteiger partial charge in [-0.3, -0.25) is 0 Å². The summed E-state index contributed by atoms with van der Waals surface area (Å²) in [7, 11) is 0. The number of halogens is 1. The van der Waals surface area contributed by atoms with Crippen LogP contribution in [0.3, 0.4) is 0 Å². The Bertz CT molecular complexity index is 484. The highest BCUT2D eigenvalue weighted by Crippen LogP contribution is 2.23. The SMILES string of the molecule is O=C(NCCOc1cccc(F)c1)NC1CCCCC1CO. The molecule has 22 heavy (non-hydrogen) atoms. The van der Waals surface area contributed by atoms with E-state index >= 15 is 0 Å². The Balaban J connectivity index is 1.65. The molecule has 0 radical (unpaired) electrons. The van der Waals surface area contributed by atoms with E-state index in [1.165, 1.54) is 12.1 Å². The molecule has 0 heterocycles. The lowest BCUT2D eigenvalue weighted by atomic mass is 9.85. The predicted molar refractivity (Wildman–Crippen MR) is 81.3 cm³/mol. The molecule has 3 N–H and O–H groups in total. The van der Waals surface area contributed by atoms with E-state index in [1.807, 2.05) is 0 Å². The van der Waals surface area contributed by atoms with Crippen LogP contribution in [-0.4, -0.2) is 36.9 Å². The number of amides is 2. The van der Waals surface area contributed by atoms with Gasteiger partial charge in [-0.15, -0.1) is 0 Å². The van der Waals surface area contributed by atoms with Crippen molar-refractivity contribution in [1.29, 1.82) is 0 Å². The lowest BCUT2D eigenvalue weighted by Crippen LogP contribution is -2.48. The number of hydrogen-bond acceptors (Lipinski definition) is 3.